The number of hydrogen-bond donors (Lipinski definition) is 4. The SMILES string of the molecule is CC(C)Nc1cc(-c2ccc(CCNC[C@H](O)c3ccccc3)cc2)ccc1C(=O)O. The fourth-order valence-corrected chi connectivity index (χ4v) is 3.47. The molecule has 0 bridgehead atoms. The van der Waals surface area contributed by atoms with Crippen molar-refractivity contribution in [1.29, 1.82) is 0 Å². The first-order valence-electron chi connectivity index (χ1n) is 10.6. The third-order valence-electron chi connectivity index (χ3n) is 5.09. The van der Waals surface area contributed by atoms with E-state index in [4.69, 9.17) is 0 Å². The van der Waals surface area contributed by atoms with E-state index in [1.54, 1.807) is 6.07 Å². The molecule has 4 N–H and O–H groups in total. The van der Waals surface area contributed by atoms with Gasteiger partial charge in [-0.15, -0.1) is 0 Å². The Kier molecular flexibility index (Phi) is 7.82. The van der Waals surface area contributed by atoms with E-state index < -0.39 is 12.1 Å². The van der Waals surface area contributed by atoms with E-state index in [2.05, 4.69) is 34.9 Å². The second-order valence-corrected chi connectivity index (χ2v) is 7.94. The summed E-state index contributed by atoms with van der Waals surface area (Å²) in [6.45, 7) is 5.27. The van der Waals surface area contributed by atoms with Crippen LogP contribution in [0, 0.1) is 0 Å². The average Bonchev–Trinajstić information content (AvgIpc) is 2.77. The summed E-state index contributed by atoms with van der Waals surface area (Å²) in [7, 11) is 0. The smallest absolute Gasteiger partial charge is 0.337 e. The zero-order valence-corrected chi connectivity index (χ0v) is 18.0. The van der Waals surface area contributed by atoms with Gasteiger partial charge in [0.1, 0.15) is 0 Å². The van der Waals surface area contributed by atoms with Gasteiger partial charge in [-0.1, -0.05) is 60.7 Å². The lowest BCUT2D eigenvalue weighted by Gasteiger charge is -2.15. The molecule has 0 aliphatic carbocycles. The Balaban J connectivity index is 1.58. The Hall–Kier alpha value is -3.15. The lowest BCUT2D eigenvalue weighted by atomic mass is 10.00. The van der Waals surface area contributed by atoms with Gasteiger partial charge < -0.3 is 20.8 Å². The molecular weight excluding hydrogens is 388 g/mol. The molecule has 0 aromatic heterocycles. The van der Waals surface area contributed by atoms with Gasteiger partial charge in [0.25, 0.3) is 0 Å². The van der Waals surface area contributed by atoms with Crippen molar-refractivity contribution in [3.05, 3.63) is 89.5 Å². The number of hydrogen-bond acceptors (Lipinski definition) is 4. The predicted octanol–water partition coefficient (Wildman–Crippen LogP) is 4.74. The van der Waals surface area contributed by atoms with Crippen molar-refractivity contribution in [2.45, 2.75) is 32.4 Å². The van der Waals surface area contributed by atoms with Crippen LogP contribution in [0.25, 0.3) is 11.1 Å². The van der Waals surface area contributed by atoms with Crippen LogP contribution in [-0.4, -0.2) is 35.3 Å². The fourth-order valence-electron chi connectivity index (χ4n) is 3.47. The monoisotopic (exact) mass is 418 g/mol. The summed E-state index contributed by atoms with van der Waals surface area (Å²) in [5.41, 5.74) is 5.04. The summed E-state index contributed by atoms with van der Waals surface area (Å²) in [4.78, 5) is 11.5. The quantitative estimate of drug-likeness (QED) is 0.358. The van der Waals surface area contributed by atoms with Crippen LogP contribution >= 0.6 is 0 Å². The van der Waals surface area contributed by atoms with Crippen molar-refractivity contribution < 1.29 is 15.0 Å². The second kappa shape index (κ2) is 10.8. The van der Waals surface area contributed by atoms with Crippen LogP contribution in [0.15, 0.2) is 72.8 Å². The van der Waals surface area contributed by atoms with Gasteiger partial charge in [0.05, 0.1) is 11.7 Å². The Bertz CT molecular complexity index is 985. The van der Waals surface area contributed by atoms with Crippen LogP contribution in [0.5, 0.6) is 0 Å². The maximum absolute atomic E-state index is 11.5. The standard InChI is InChI=1S/C26H30N2O3/c1-18(2)28-24-16-22(12-13-23(24)26(30)31)20-10-8-19(9-11-20)14-15-27-17-25(29)21-6-4-3-5-7-21/h3-13,16,18,25,27-29H,14-15,17H2,1-2H3,(H,30,31)/t25-/m0/s1. The molecule has 0 aliphatic heterocycles. The van der Waals surface area contributed by atoms with Crippen LogP contribution in [0.4, 0.5) is 5.69 Å². The topological polar surface area (TPSA) is 81.6 Å². The van der Waals surface area contributed by atoms with Crippen molar-refractivity contribution in [3.63, 3.8) is 0 Å². The van der Waals surface area contributed by atoms with Crippen molar-refractivity contribution in [2.24, 2.45) is 0 Å². The number of carboxylic acid groups (broad SMARTS) is 1. The van der Waals surface area contributed by atoms with Crippen molar-refractivity contribution in [1.82, 2.24) is 5.32 Å². The molecule has 5 nitrogen and oxygen atoms in total. The molecule has 31 heavy (non-hydrogen) atoms. The molecule has 162 valence electrons. The molecule has 3 aromatic rings. The van der Waals surface area contributed by atoms with E-state index >= 15 is 0 Å². The van der Waals surface area contributed by atoms with E-state index in [9.17, 15) is 15.0 Å². The number of carboxylic acids is 1. The van der Waals surface area contributed by atoms with Crippen molar-refractivity contribution in [2.75, 3.05) is 18.4 Å². The third kappa shape index (κ3) is 6.41. The lowest BCUT2D eigenvalue weighted by Crippen LogP contribution is -2.23. The van der Waals surface area contributed by atoms with E-state index in [1.807, 2.05) is 56.3 Å². The number of carbonyl (C=O) groups is 1. The predicted molar refractivity (Wildman–Crippen MR) is 126 cm³/mol. The largest absolute Gasteiger partial charge is 0.478 e. The second-order valence-electron chi connectivity index (χ2n) is 7.94. The first-order chi connectivity index (χ1) is 14.9. The minimum atomic E-state index is -0.935. The van der Waals surface area contributed by atoms with Gasteiger partial charge in [-0.2, -0.15) is 0 Å². The van der Waals surface area contributed by atoms with E-state index in [0.29, 0.717) is 12.2 Å². The van der Waals surface area contributed by atoms with E-state index in [0.717, 1.165) is 29.7 Å². The zero-order chi connectivity index (χ0) is 22.2. The molecule has 0 radical (unpaired) electrons. The molecule has 0 fully saturated rings. The van der Waals surface area contributed by atoms with E-state index in [1.165, 1.54) is 5.56 Å². The van der Waals surface area contributed by atoms with Crippen molar-refractivity contribution >= 4 is 11.7 Å². The number of rotatable bonds is 10. The van der Waals surface area contributed by atoms with Gasteiger partial charge in [-0.3, -0.25) is 0 Å². The van der Waals surface area contributed by atoms with E-state index in [-0.39, 0.29) is 11.6 Å². The van der Waals surface area contributed by atoms with Gasteiger partial charge in [0.15, 0.2) is 0 Å². The number of nitrogens with one attached hydrogen (secondary N) is 2. The summed E-state index contributed by atoms with van der Waals surface area (Å²) in [6, 6.07) is 23.5. The molecule has 1 atom stereocenters. The molecule has 5 heteroatoms. The molecule has 3 rings (SSSR count). The minimum Gasteiger partial charge on any atom is -0.478 e. The maximum atomic E-state index is 11.5. The Morgan fingerprint density at radius 1 is 0.935 bits per heavy atom. The highest BCUT2D eigenvalue weighted by Crippen LogP contribution is 2.27. The molecule has 3 aromatic carbocycles. The van der Waals surface area contributed by atoms with Crippen LogP contribution < -0.4 is 10.6 Å². The molecule has 0 aliphatic rings. The lowest BCUT2D eigenvalue weighted by molar-refractivity contribution is 0.0698. The first kappa shape index (κ1) is 22.5. The molecule has 0 heterocycles. The third-order valence-corrected chi connectivity index (χ3v) is 5.09. The highest BCUT2D eigenvalue weighted by Gasteiger charge is 2.12. The van der Waals surface area contributed by atoms with Gasteiger partial charge >= 0.3 is 5.97 Å². The maximum Gasteiger partial charge on any atom is 0.337 e. The summed E-state index contributed by atoms with van der Waals surface area (Å²) in [6.07, 6.45) is 0.353. The van der Waals surface area contributed by atoms with Gasteiger partial charge in [-0.05, 0) is 61.2 Å². The van der Waals surface area contributed by atoms with Gasteiger partial charge in [0, 0.05) is 18.3 Å². The molecule has 0 amide bonds. The van der Waals surface area contributed by atoms with Crippen LogP contribution in [0.1, 0.15) is 41.4 Å². The summed E-state index contributed by atoms with van der Waals surface area (Å²) < 4.78 is 0. The number of anilines is 1. The first-order valence-corrected chi connectivity index (χ1v) is 10.6. The Labute approximate surface area is 183 Å². The zero-order valence-electron chi connectivity index (χ0n) is 18.0. The number of benzene rings is 3. The van der Waals surface area contributed by atoms with Crippen LogP contribution in [0.2, 0.25) is 0 Å². The Morgan fingerprint density at radius 3 is 2.26 bits per heavy atom. The van der Waals surface area contributed by atoms with Gasteiger partial charge in [-0.25, -0.2) is 4.79 Å². The summed E-state index contributed by atoms with van der Waals surface area (Å²) in [5, 5.41) is 26.2. The molecular formula is C26H30N2O3. The normalized spacial score (nSPS) is 12.0. The number of aromatic carboxylic acids is 1. The Morgan fingerprint density at radius 2 is 1.61 bits per heavy atom. The highest BCUT2D eigenvalue weighted by molar-refractivity contribution is 5.95. The molecule has 0 unspecified atom stereocenters. The number of aliphatic hydroxyl groups excluding tert-OH is 1. The fraction of sp³-hybridized carbons (Fsp3) is 0.269. The highest BCUT2D eigenvalue weighted by atomic mass is 16.4. The van der Waals surface area contributed by atoms with Crippen LogP contribution in [-0.2, 0) is 6.42 Å². The minimum absolute atomic E-state index is 0.142. The molecule has 0 saturated heterocycles. The summed E-state index contributed by atoms with van der Waals surface area (Å²) >= 11 is 0. The molecule has 0 spiro atoms. The number of aliphatic hydroxyl groups is 1. The average molecular weight is 419 g/mol. The van der Waals surface area contributed by atoms with Crippen LogP contribution in [0.3, 0.4) is 0 Å². The van der Waals surface area contributed by atoms with Crippen molar-refractivity contribution in [3.8, 4) is 11.1 Å². The molecule has 0 saturated carbocycles. The summed E-state index contributed by atoms with van der Waals surface area (Å²) in [5.74, 6) is -0.935. The van der Waals surface area contributed by atoms with Gasteiger partial charge in [0.2, 0.25) is 0 Å².